The molecule has 19 heavy (non-hydrogen) atoms. The molecule has 100 valence electrons. The summed E-state index contributed by atoms with van der Waals surface area (Å²) in [4.78, 5) is 14.1. The Morgan fingerprint density at radius 3 is 2.47 bits per heavy atom. The van der Waals surface area contributed by atoms with Crippen LogP contribution in [-0.4, -0.2) is 18.1 Å². The number of methoxy groups -OCH3 is 1. The molecule has 2 aromatic rings. The minimum atomic E-state index is -4.48. The molecule has 0 radical (unpaired) electrons. The van der Waals surface area contributed by atoms with Crippen LogP contribution < -0.4 is 0 Å². The van der Waals surface area contributed by atoms with Crippen LogP contribution in [0, 0.1) is 0 Å². The maximum absolute atomic E-state index is 12.9. The first-order valence-electron chi connectivity index (χ1n) is 5.37. The van der Waals surface area contributed by atoms with Crippen molar-refractivity contribution < 1.29 is 22.7 Å². The highest BCUT2D eigenvalue weighted by Crippen LogP contribution is 2.37. The fourth-order valence-electron chi connectivity index (χ4n) is 1.83. The van der Waals surface area contributed by atoms with E-state index in [0.29, 0.717) is 0 Å². The van der Waals surface area contributed by atoms with Crippen LogP contribution in [-0.2, 0) is 10.9 Å². The minimum Gasteiger partial charge on any atom is -0.464 e. The lowest BCUT2D eigenvalue weighted by Gasteiger charge is -2.12. The van der Waals surface area contributed by atoms with Crippen LogP contribution in [0.4, 0.5) is 13.2 Å². The molecule has 0 aliphatic rings. The van der Waals surface area contributed by atoms with Crippen molar-refractivity contribution >= 4 is 5.97 Å². The number of halogens is 3. The number of benzene rings is 1. The molecule has 0 bridgehead atoms. The topological polar surface area (TPSA) is 42.1 Å². The van der Waals surface area contributed by atoms with Crippen molar-refractivity contribution in [1.82, 2.24) is 4.98 Å². The minimum absolute atomic E-state index is 0.000741. The third-order valence-electron chi connectivity index (χ3n) is 2.66. The Bertz CT molecular complexity index is 602. The Morgan fingerprint density at radius 1 is 1.16 bits per heavy atom. The van der Waals surface area contributed by atoms with Gasteiger partial charge in [0, 0.05) is 11.8 Å². The summed E-state index contributed by atoms with van der Waals surface area (Å²) in [5.74, 6) is -0.711. The molecule has 0 saturated carbocycles. The van der Waals surface area contributed by atoms with Crippen molar-refractivity contribution in [3.63, 3.8) is 0 Å². The van der Waals surface area contributed by atoms with E-state index in [-0.39, 0.29) is 16.8 Å². The van der Waals surface area contributed by atoms with E-state index in [4.69, 9.17) is 0 Å². The maximum atomic E-state index is 12.9. The highest BCUT2D eigenvalue weighted by atomic mass is 19.4. The smallest absolute Gasteiger partial charge is 0.417 e. The molecule has 0 saturated heterocycles. The van der Waals surface area contributed by atoms with Gasteiger partial charge in [-0.3, -0.25) is 0 Å². The Hall–Kier alpha value is -2.24. The number of rotatable bonds is 2. The SMILES string of the molecule is COC(=O)c1[nH]ccc1-c1ccccc1C(F)(F)F. The molecule has 2 rings (SSSR count). The highest BCUT2D eigenvalue weighted by molar-refractivity contribution is 5.96. The second kappa shape index (κ2) is 4.79. The number of carbonyl (C=O) groups is 1. The first kappa shape index (κ1) is 13.2. The first-order valence-corrected chi connectivity index (χ1v) is 5.37. The fourth-order valence-corrected chi connectivity index (χ4v) is 1.83. The molecule has 0 amide bonds. The number of ether oxygens (including phenoxy) is 1. The number of carbonyl (C=O) groups excluding carboxylic acids is 1. The van der Waals surface area contributed by atoms with Crippen LogP contribution in [0.25, 0.3) is 11.1 Å². The van der Waals surface area contributed by atoms with E-state index in [1.807, 2.05) is 0 Å². The molecule has 1 heterocycles. The quantitative estimate of drug-likeness (QED) is 0.848. The van der Waals surface area contributed by atoms with Gasteiger partial charge in [-0.2, -0.15) is 13.2 Å². The van der Waals surface area contributed by atoms with Gasteiger partial charge in [-0.1, -0.05) is 18.2 Å². The normalized spacial score (nSPS) is 11.4. The lowest BCUT2D eigenvalue weighted by atomic mass is 9.99. The summed E-state index contributed by atoms with van der Waals surface area (Å²) >= 11 is 0. The van der Waals surface area contributed by atoms with Gasteiger partial charge in [-0.15, -0.1) is 0 Å². The Morgan fingerprint density at radius 2 is 1.84 bits per heavy atom. The van der Waals surface area contributed by atoms with Gasteiger partial charge in [0.05, 0.1) is 12.7 Å². The van der Waals surface area contributed by atoms with Crippen molar-refractivity contribution in [2.24, 2.45) is 0 Å². The fraction of sp³-hybridized carbons (Fsp3) is 0.154. The summed E-state index contributed by atoms with van der Waals surface area (Å²) in [6.45, 7) is 0. The average Bonchev–Trinajstić information content (AvgIpc) is 2.86. The third kappa shape index (κ3) is 2.47. The number of H-pyrrole nitrogens is 1. The molecular weight excluding hydrogens is 259 g/mol. The number of aromatic amines is 1. The number of hydrogen-bond acceptors (Lipinski definition) is 2. The van der Waals surface area contributed by atoms with Gasteiger partial charge in [0.15, 0.2) is 0 Å². The molecule has 0 spiro atoms. The maximum Gasteiger partial charge on any atom is 0.417 e. The number of hydrogen-bond donors (Lipinski definition) is 1. The lowest BCUT2D eigenvalue weighted by Crippen LogP contribution is -2.09. The number of alkyl halides is 3. The van der Waals surface area contributed by atoms with Gasteiger partial charge in [0.2, 0.25) is 0 Å². The Balaban J connectivity index is 2.61. The molecule has 0 fully saturated rings. The van der Waals surface area contributed by atoms with Crippen molar-refractivity contribution in [3.05, 3.63) is 47.8 Å². The lowest BCUT2D eigenvalue weighted by molar-refractivity contribution is -0.137. The van der Waals surface area contributed by atoms with Gasteiger partial charge >= 0.3 is 12.1 Å². The predicted octanol–water partition coefficient (Wildman–Crippen LogP) is 3.49. The van der Waals surface area contributed by atoms with Crippen molar-refractivity contribution in [1.29, 1.82) is 0 Å². The molecule has 6 heteroatoms. The van der Waals surface area contributed by atoms with Gasteiger partial charge in [0.25, 0.3) is 0 Å². The largest absolute Gasteiger partial charge is 0.464 e. The summed E-state index contributed by atoms with van der Waals surface area (Å²) in [5, 5.41) is 0. The molecule has 0 atom stereocenters. The van der Waals surface area contributed by atoms with Gasteiger partial charge in [-0.05, 0) is 17.7 Å². The van der Waals surface area contributed by atoms with E-state index in [1.165, 1.54) is 37.6 Å². The van der Waals surface area contributed by atoms with Crippen molar-refractivity contribution in [2.75, 3.05) is 7.11 Å². The Kier molecular flexibility index (Phi) is 3.33. The zero-order valence-electron chi connectivity index (χ0n) is 9.91. The average molecular weight is 269 g/mol. The molecule has 1 aromatic heterocycles. The van der Waals surface area contributed by atoms with Crippen LogP contribution >= 0.6 is 0 Å². The van der Waals surface area contributed by atoms with E-state index < -0.39 is 17.7 Å². The van der Waals surface area contributed by atoms with Crippen LogP contribution in [0.2, 0.25) is 0 Å². The summed E-state index contributed by atoms with van der Waals surface area (Å²) < 4.78 is 43.3. The first-order chi connectivity index (χ1) is 8.95. The second-order valence-corrected chi connectivity index (χ2v) is 3.80. The number of esters is 1. The summed E-state index contributed by atoms with van der Waals surface area (Å²) in [5.41, 5.74) is -0.685. The van der Waals surface area contributed by atoms with Gasteiger partial charge in [-0.25, -0.2) is 4.79 Å². The monoisotopic (exact) mass is 269 g/mol. The van der Waals surface area contributed by atoms with E-state index in [2.05, 4.69) is 9.72 Å². The van der Waals surface area contributed by atoms with E-state index in [9.17, 15) is 18.0 Å². The number of aromatic nitrogens is 1. The van der Waals surface area contributed by atoms with Gasteiger partial charge < -0.3 is 9.72 Å². The zero-order valence-corrected chi connectivity index (χ0v) is 9.91. The van der Waals surface area contributed by atoms with Crippen LogP contribution in [0.1, 0.15) is 16.1 Å². The summed E-state index contributed by atoms with van der Waals surface area (Å²) in [6.07, 6.45) is -3.09. The molecule has 0 aliphatic carbocycles. The van der Waals surface area contributed by atoms with Gasteiger partial charge in [0.1, 0.15) is 5.69 Å². The van der Waals surface area contributed by atoms with E-state index in [1.54, 1.807) is 0 Å². The zero-order chi connectivity index (χ0) is 14.0. The highest BCUT2D eigenvalue weighted by Gasteiger charge is 2.34. The number of nitrogens with one attached hydrogen (secondary N) is 1. The third-order valence-corrected chi connectivity index (χ3v) is 2.66. The predicted molar refractivity (Wildman–Crippen MR) is 62.6 cm³/mol. The van der Waals surface area contributed by atoms with Crippen LogP contribution in [0.3, 0.4) is 0 Å². The standard InChI is InChI=1S/C13H10F3NO2/c1-19-12(18)11-9(6-7-17-11)8-4-2-3-5-10(8)13(14,15)16/h2-7,17H,1H3. The molecule has 1 aromatic carbocycles. The van der Waals surface area contributed by atoms with E-state index in [0.717, 1.165) is 6.07 Å². The summed E-state index contributed by atoms with van der Waals surface area (Å²) in [7, 11) is 1.17. The molecule has 3 nitrogen and oxygen atoms in total. The van der Waals surface area contributed by atoms with E-state index >= 15 is 0 Å². The molecule has 0 aliphatic heterocycles. The summed E-state index contributed by atoms with van der Waals surface area (Å²) in [6, 6.07) is 6.49. The molecule has 1 N–H and O–H groups in total. The van der Waals surface area contributed by atoms with Crippen molar-refractivity contribution in [2.45, 2.75) is 6.18 Å². The van der Waals surface area contributed by atoms with Crippen molar-refractivity contribution in [3.8, 4) is 11.1 Å². The Labute approximate surface area is 107 Å². The van der Waals surface area contributed by atoms with Crippen LogP contribution in [0.15, 0.2) is 36.5 Å². The molecular formula is C13H10F3NO2. The molecule has 0 unspecified atom stereocenters. The van der Waals surface area contributed by atoms with Crippen LogP contribution in [0.5, 0.6) is 0 Å². The second-order valence-electron chi connectivity index (χ2n) is 3.80.